The Hall–Kier alpha value is -1.66. The van der Waals surface area contributed by atoms with Crippen molar-refractivity contribution in [2.45, 2.75) is 24.7 Å². The minimum Gasteiger partial charge on any atom is -0.422 e. The fourth-order valence-electron chi connectivity index (χ4n) is 2.22. The molecule has 2 aliphatic rings. The number of fused-ring (bicyclic) bond motifs is 1. The van der Waals surface area contributed by atoms with E-state index in [1.54, 1.807) is 24.4 Å². The Bertz CT molecular complexity index is 425. The first-order valence-corrected chi connectivity index (χ1v) is 5.84. The molecule has 0 unspecified atom stereocenters. The van der Waals surface area contributed by atoms with Crippen LogP contribution < -0.4 is 4.74 Å². The molecule has 96 valence electrons. The molecule has 2 saturated heterocycles. The molecule has 0 atom stereocenters. The number of rotatable bonds is 2. The Morgan fingerprint density at radius 3 is 2.78 bits per heavy atom. The van der Waals surface area contributed by atoms with Gasteiger partial charge in [-0.1, -0.05) is 6.07 Å². The first kappa shape index (κ1) is 11.4. The highest BCUT2D eigenvalue weighted by Crippen LogP contribution is 2.39. The summed E-state index contributed by atoms with van der Waals surface area (Å²) in [6.07, 6.45) is 1.58. The first-order valence-electron chi connectivity index (χ1n) is 5.84. The molecule has 3 rings (SSSR count). The Kier molecular flexibility index (Phi) is 2.89. The molecule has 0 amide bonds. The molecule has 0 spiro atoms. The lowest BCUT2D eigenvalue weighted by Gasteiger charge is -2.24. The normalized spacial score (nSPS) is 29.9. The third-order valence-electron chi connectivity index (χ3n) is 3.13. The van der Waals surface area contributed by atoms with Crippen LogP contribution >= 0.6 is 0 Å². The average Bonchev–Trinajstić information content (AvgIpc) is 2.88. The summed E-state index contributed by atoms with van der Waals surface area (Å²) in [6.45, 7) is 1.06. The van der Waals surface area contributed by atoms with Gasteiger partial charge in [0, 0.05) is 25.1 Å². The molecule has 2 aliphatic heterocycles. The maximum Gasteiger partial charge on any atom is 0.515 e. The van der Waals surface area contributed by atoms with Gasteiger partial charge in [0.2, 0.25) is 5.88 Å². The fourth-order valence-corrected chi connectivity index (χ4v) is 2.22. The fraction of sp³-hybridized carbons (Fsp3) is 0.500. The second-order valence-corrected chi connectivity index (χ2v) is 4.26. The number of carbonyl (C=O) groups is 1. The molecule has 1 aromatic rings. The summed E-state index contributed by atoms with van der Waals surface area (Å²) in [5.74, 6) is 0.216. The lowest BCUT2D eigenvalue weighted by atomic mass is 10.00. The predicted molar refractivity (Wildman–Crippen MR) is 59.0 cm³/mol. The standard InChI is InChI=1S/C12H13NO5/c14-11(17-9-3-1-2-6-13-9)18-12-4-7-15-10(12)16-8-5-12/h1-3,6,10H,4-5,7-8H2. The molecule has 3 heterocycles. The van der Waals surface area contributed by atoms with Crippen LogP contribution in [0.15, 0.2) is 24.4 Å². The van der Waals surface area contributed by atoms with E-state index in [1.807, 2.05) is 0 Å². The van der Waals surface area contributed by atoms with Crippen LogP contribution in [0, 0.1) is 0 Å². The molecule has 0 saturated carbocycles. The highest BCUT2D eigenvalue weighted by molar-refractivity contribution is 5.63. The summed E-state index contributed by atoms with van der Waals surface area (Å²) in [5.41, 5.74) is -0.689. The third kappa shape index (κ3) is 2.04. The molecule has 0 bridgehead atoms. The molecule has 0 radical (unpaired) electrons. The van der Waals surface area contributed by atoms with Crippen LogP contribution in [0.2, 0.25) is 0 Å². The van der Waals surface area contributed by atoms with E-state index in [-0.39, 0.29) is 5.88 Å². The molecule has 2 fully saturated rings. The van der Waals surface area contributed by atoms with Crippen LogP contribution in [0.1, 0.15) is 12.8 Å². The third-order valence-corrected chi connectivity index (χ3v) is 3.13. The Labute approximate surface area is 104 Å². The van der Waals surface area contributed by atoms with Gasteiger partial charge in [0.15, 0.2) is 11.9 Å². The van der Waals surface area contributed by atoms with E-state index in [0.717, 1.165) is 0 Å². The summed E-state index contributed by atoms with van der Waals surface area (Å²) < 4.78 is 21.1. The van der Waals surface area contributed by atoms with Crippen LogP contribution in [-0.4, -0.2) is 36.2 Å². The van der Waals surface area contributed by atoms with Gasteiger partial charge in [0.1, 0.15) is 0 Å². The van der Waals surface area contributed by atoms with Gasteiger partial charge in [-0.2, -0.15) is 0 Å². The molecule has 18 heavy (non-hydrogen) atoms. The molecule has 6 nitrogen and oxygen atoms in total. The molecule has 0 aliphatic carbocycles. The summed E-state index contributed by atoms with van der Waals surface area (Å²) in [6, 6.07) is 5.06. The summed E-state index contributed by atoms with van der Waals surface area (Å²) in [7, 11) is 0. The summed E-state index contributed by atoms with van der Waals surface area (Å²) in [4.78, 5) is 15.6. The van der Waals surface area contributed by atoms with E-state index in [1.165, 1.54) is 0 Å². The molecule has 1 aromatic heterocycles. The summed E-state index contributed by atoms with van der Waals surface area (Å²) >= 11 is 0. The second-order valence-electron chi connectivity index (χ2n) is 4.26. The minimum atomic E-state index is -0.769. The van der Waals surface area contributed by atoms with E-state index in [4.69, 9.17) is 18.9 Å². The number of hydrogen-bond donors (Lipinski definition) is 0. The van der Waals surface area contributed by atoms with Crippen LogP contribution in [0.5, 0.6) is 5.88 Å². The molecule has 0 N–H and O–H groups in total. The SMILES string of the molecule is O=C(Oc1ccccn1)OC12CCOC1OCC2. The van der Waals surface area contributed by atoms with Crippen molar-refractivity contribution < 1.29 is 23.7 Å². The van der Waals surface area contributed by atoms with Gasteiger partial charge in [0.25, 0.3) is 0 Å². The van der Waals surface area contributed by atoms with E-state index in [9.17, 15) is 4.79 Å². The van der Waals surface area contributed by atoms with Gasteiger partial charge < -0.3 is 18.9 Å². The van der Waals surface area contributed by atoms with Crippen molar-refractivity contribution in [2.75, 3.05) is 13.2 Å². The Morgan fingerprint density at radius 2 is 2.11 bits per heavy atom. The lowest BCUT2D eigenvalue weighted by molar-refractivity contribution is -0.143. The van der Waals surface area contributed by atoms with Gasteiger partial charge in [-0.15, -0.1) is 0 Å². The average molecular weight is 251 g/mol. The van der Waals surface area contributed by atoms with Gasteiger partial charge in [0.05, 0.1) is 13.2 Å². The molecular weight excluding hydrogens is 238 g/mol. The highest BCUT2D eigenvalue weighted by atomic mass is 16.8. The van der Waals surface area contributed by atoms with Crippen molar-refractivity contribution in [1.29, 1.82) is 0 Å². The monoisotopic (exact) mass is 251 g/mol. The van der Waals surface area contributed by atoms with Crippen LogP contribution in [0.25, 0.3) is 0 Å². The zero-order valence-electron chi connectivity index (χ0n) is 9.70. The largest absolute Gasteiger partial charge is 0.515 e. The van der Waals surface area contributed by atoms with Crippen molar-refractivity contribution in [1.82, 2.24) is 4.98 Å². The second kappa shape index (κ2) is 4.55. The van der Waals surface area contributed by atoms with Gasteiger partial charge in [-0.3, -0.25) is 0 Å². The van der Waals surface area contributed by atoms with Crippen LogP contribution in [-0.2, 0) is 14.2 Å². The van der Waals surface area contributed by atoms with Crippen molar-refractivity contribution >= 4 is 6.16 Å². The van der Waals surface area contributed by atoms with Crippen molar-refractivity contribution in [3.63, 3.8) is 0 Å². The van der Waals surface area contributed by atoms with Crippen molar-refractivity contribution in [3.05, 3.63) is 24.4 Å². The van der Waals surface area contributed by atoms with Crippen LogP contribution in [0.3, 0.4) is 0 Å². The quantitative estimate of drug-likeness (QED) is 0.742. The van der Waals surface area contributed by atoms with E-state index >= 15 is 0 Å². The van der Waals surface area contributed by atoms with Crippen molar-refractivity contribution in [3.8, 4) is 5.88 Å². The number of ether oxygens (including phenoxy) is 4. The van der Waals surface area contributed by atoms with Crippen molar-refractivity contribution in [2.24, 2.45) is 0 Å². The number of nitrogens with zero attached hydrogens (tertiary/aromatic N) is 1. The van der Waals surface area contributed by atoms with E-state index in [0.29, 0.717) is 26.1 Å². The van der Waals surface area contributed by atoms with Gasteiger partial charge >= 0.3 is 6.16 Å². The number of hydrogen-bond acceptors (Lipinski definition) is 6. The minimum absolute atomic E-state index is 0.216. The number of carbonyl (C=O) groups excluding carboxylic acids is 1. The highest BCUT2D eigenvalue weighted by Gasteiger charge is 2.53. The maximum absolute atomic E-state index is 11.7. The zero-order chi connectivity index (χ0) is 12.4. The maximum atomic E-state index is 11.7. The molecule has 0 aromatic carbocycles. The lowest BCUT2D eigenvalue weighted by Crippen LogP contribution is -2.39. The number of pyridine rings is 1. The van der Waals surface area contributed by atoms with Gasteiger partial charge in [-0.25, -0.2) is 9.78 Å². The topological polar surface area (TPSA) is 66.9 Å². The van der Waals surface area contributed by atoms with E-state index < -0.39 is 18.0 Å². The molecule has 6 heteroatoms. The summed E-state index contributed by atoms with van der Waals surface area (Å²) in [5, 5.41) is 0. The van der Waals surface area contributed by atoms with E-state index in [2.05, 4.69) is 4.98 Å². The van der Waals surface area contributed by atoms with Gasteiger partial charge in [-0.05, 0) is 6.07 Å². The first-order chi connectivity index (χ1) is 8.78. The zero-order valence-corrected chi connectivity index (χ0v) is 9.70. The number of aromatic nitrogens is 1. The Morgan fingerprint density at radius 1 is 1.33 bits per heavy atom. The van der Waals surface area contributed by atoms with Crippen LogP contribution in [0.4, 0.5) is 4.79 Å². The smallest absolute Gasteiger partial charge is 0.422 e. The molecular formula is C12H13NO5. The Balaban J connectivity index is 1.64. The predicted octanol–water partition coefficient (Wildman–Crippen LogP) is 1.50.